The van der Waals surface area contributed by atoms with Crippen molar-refractivity contribution in [1.29, 1.82) is 0 Å². The Morgan fingerprint density at radius 2 is 2.05 bits per heavy atom. The summed E-state index contributed by atoms with van der Waals surface area (Å²) in [7, 11) is 0. The average Bonchev–Trinajstić information content (AvgIpc) is 3.28. The number of carbonyl (C=O) groups excluding carboxylic acids is 1. The quantitative estimate of drug-likeness (QED) is 0.563. The van der Waals surface area contributed by atoms with E-state index in [0.717, 1.165) is 44.8 Å². The standard InChI is InChI=1S/C17H34N2O2/c1-5-12-18-17(4,16(20)21-7-3)11-8-13-19(6-2)14-15-9-10-15/h15,18H,5-14H2,1-4H3. The zero-order chi connectivity index (χ0) is 15.7. The summed E-state index contributed by atoms with van der Waals surface area (Å²) in [5, 5.41) is 3.38. The van der Waals surface area contributed by atoms with Crippen LogP contribution in [0.4, 0.5) is 0 Å². The molecule has 4 heteroatoms. The van der Waals surface area contributed by atoms with Gasteiger partial charge < -0.3 is 15.0 Å². The van der Waals surface area contributed by atoms with Gasteiger partial charge in [-0.1, -0.05) is 13.8 Å². The van der Waals surface area contributed by atoms with E-state index in [1.165, 1.54) is 19.4 Å². The lowest BCUT2D eigenvalue weighted by atomic mass is 9.95. The molecule has 0 aromatic heterocycles. The molecular formula is C17H34N2O2. The normalized spacial score (nSPS) is 17.8. The van der Waals surface area contributed by atoms with Gasteiger partial charge in [0.1, 0.15) is 5.54 Å². The largest absolute Gasteiger partial charge is 0.465 e. The van der Waals surface area contributed by atoms with E-state index in [0.29, 0.717) is 6.61 Å². The van der Waals surface area contributed by atoms with Crippen molar-refractivity contribution in [3.8, 4) is 0 Å². The van der Waals surface area contributed by atoms with E-state index >= 15 is 0 Å². The third-order valence-electron chi connectivity index (χ3n) is 4.30. The maximum Gasteiger partial charge on any atom is 0.326 e. The van der Waals surface area contributed by atoms with Crippen molar-refractivity contribution >= 4 is 5.97 Å². The highest BCUT2D eigenvalue weighted by Crippen LogP contribution is 2.29. The molecule has 0 saturated heterocycles. The SMILES string of the molecule is CCCNC(C)(CCCN(CC)CC1CC1)C(=O)OCC. The minimum Gasteiger partial charge on any atom is -0.465 e. The highest BCUT2D eigenvalue weighted by atomic mass is 16.5. The number of carbonyl (C=O) groups is 1. The first kappa shape index (κ1) is 18.4. The zero-order valence-corrected chi connectivity index (χ0v) is 14.4. The Morgan fingerprint density at radius 1 is 1.33 bits per heavy atom. The van der Waals surface area contributed by atoms with Crippen LogP contribution in [0.25, 0.3) is 0 Å². The molecule has 1 aliphatic carbocycles. The molecule has 0 bridgehead atoms. The van der Waals surface area contributed by atoms with Gasteiger partial charge in [0.2, 0.25) is 0 Å². The Kier molecular flexibility index (Phi) is 8.27. The van der Waals surface area contributed by atoms with Crippen LogP contribution in [0, 0.1) is 5.92 Å². The van der Waals surface area contributed by atoms with Gasteiger partial charge in [-0.25, -0.2) is 0 Å². The summed E-state index contributed by atoms with van der Waals surface area (Å²) in [6.07, 6.45) is 5.70. The van der Waals surface area contributed by atoms with Gasteiger partial charge in [0.15, 0.2) is 0 Å². The summed E-state index contributed by atoms with van der Waals surface area (Å²) < 4.78 is 5.25. The minimum atomic E-state index is -0.537. The van der Waals surface area contributed by atoms with Gasteiger partial charge in [-0.3, -0.25) is 4.79 Å². The van der Waals surface area contributed by atoms with Gasteiger partial charge in [0, 0.05) is 6.54 Å². The second-order valence-corrected chi connectivity index (χ2v) is 6.42. The molecule has 1 fully saturated rings. The molecule has 4 nitrogen and oxygen atoms in total. The van der Waals surface area contributed by atoms with Crippen molar-refractivity contribution in [1.82, 2.24) is 10.2 Å². The highest BCUT2D eigenvalue weighted by molar-refractivity contribution is 5.80. The Balaban J connectivity index is 2.41. The Labute approximate surface area is 130 Å². The van der Waals surface area contributed by atoms with Crippen LogP contribution in [0.1, 0.15) is 59.8 Å². The van der Waals surface area contributed by atoms with Crippen LogP contribution in [-0.2, 0) is 9.53 Å². The molecule has 0 radical (unpaired) electrons. The average molecular weight is 298 g/mol. The van der Waals surface area contributed by atoms with E-state index in [1.54, 1.807) is 0 Å². The summed E-state index contributed by atoms with van der Waals surface area (Å²) >= 11 is 0. The van der Waals surface area contributed by atoms with Crippen molar-refractivity contribution in [2.75, 3.05) is 32.8 Å². The molecule has 21 heavy (non-hydrogen) atoms. The van der Waals surface area contributed by atoms with Crippen LogP contribution in [0.15, 0.2) is 0 Å². The third kappa shape index (κ3) is 6.79. The fourth-order valence-corrected chi connectivity index (χ4v) is 2.65. The molecule has 1 unspecified atom stereocenters. The summed E-state index contributed by atoms with van der Waals surface area (Å²) in [6.45, 7) is 12.9. The van der Waals surface area contributed by atoms with E-state index in [1.807, 2.05) is 13.8 Å². The maximum atomic E-state index is 12.2. The number of nitrogens with one attached hydrogen (secondary N) is 1. The number of hydrogen-bond acceptors (Lipinski definition) is 4. The fraction of sp³-hybridized carbons (Fsp3) is 0.941. The van der Waals surface area contributed by atoms with Crippen LogP contribution in [0.2, 0.25) is 0 Å². The molecule has 0 aromatic carbocycles. The van der Waals surface area contributed by atoms with Crippen LogP contribution >= 0.6 is 0 Å². The molecule has 1 N–H and O–H groups in total. The Hall–Kier alpha value is -0.610. The van der Waals surface area contributed by atoms with E-state index in [2.05, 4.69) is 24.1 Å². The van der Waals surface area contributed by atoms with Gasteiger partial charge in [0.25, 0.3) is 0 Å². The molecule has 0 aromatic rings. The van der Waals surface area contributed by atoms with Crippen LogP contribution in [0.3, 0.4) is 0 Å². The number of nitrogens with zero attached hydrogens (tertiary/aromatic N) is 1. The zero-order valence-electron chi connectivity index (χ0n) is 14.4. The molecule has 0 spiro atoms. The molecular weight excluding hydrogens is 264 g/mol. The van der Waals surface area contributed by atoms with Crippen molar-refractivity contribution in [2.24, 2.45) is 5.92 Å². The summed E-state index contributed by atoms with van der Waals surface area (Å²) in [6, 6.07) is 0. The lowest BCUT2D eigenvalue weighted by molar-refractivity contribution is -0.150. The number of rotatable bonds is 12. The lowest BCUT2D eigenvalue weighted by Gasteiger charge is -2.30. The molecule has 0 aliphatic heterocycles. The van der Waals surface area contributed by atoms with Gasteiger partial charge >= 0.3 is 5.97 Å². The van der Waals surface area contributed by atoms with Gasteiger partial charge in [-0.2, -0.15) is 0 Å². The Bertz CT molecular complexity index is 305. The molecule has 1 rings (SSSR count). The second-order valence-electron chi connectivity index (χ2n) is 6.42. The van der Waals surface area contributed by atoms with Crippen LogP contribution < -0.4 is 5.32 Å². The summed E-state index contributed by atoms with van der Waals surface area (Å²) in [5.74, 6) is 0.822. The number of ether oxygens (including phenoxy) is 1. The van der Waals surface area contributed by atoms with E-state index in [4.69, 9.17) is 4.74 Å². The lowest BCUT2D eigenvalue weighted by Crippen LogP contribution is -2.51. The highest BCUT2D eigenvalue weighted by Gasteiger charge is 2.33. The second kappa shape index (κ2) is 9.42. The van der Waals surface area contributed by atoms with Gasteiger partial charge in [-0.15, -0.1) is 0 Å². The minimum absolute atomic E-state index is 0.108. The maximum absolute atomic E-state index is 12.2. The topological polar surface area (TPSA) is 41.6 Å². The molecule has 1 saturated carbocycles. The van der Waals surface area contributed by atoms with Gasteiger partial charge in [0.05, 0.1) is 6.61 Å². The fourth-order valence-electron chi connectivity index (χ4n) is 2.65. The van der Waals surface area contributed by atoms with Crippen molar-refractivity contribution in [3.05, 3.63) is 0 Å². The van der Waals surface area contributed by atoms with Gasteiger partial charge in [-0.05, 0) is 71.5 Å². The molecule has 1 atom stereocenters. The van der Waals surface area contributed by atoms with E-state index < -0.39 is 5.54 Å². The molecule has 0 amide bonds. The van der Waals surface area contributed by atoms with Crippen molar-refractivity contribution < 1.29 is 9.53 Å². The first-order valence-corrected chi connectivity index (χ1v) is 8.70. The number of hydrogen-bond donors (Lipinski definition) is 1. The van der Waals surface area contributed by atoms with E-state index in [-0.39, 0.29) is 5.97 Å². The number of esters is 1. The predicted molar refractivity (Wildman–Crippen MR) is 87.4 cm³/mol. The smallest absolute Gasteiger partial charge is 0.326 e. The van der Waals surface area contributed by atoms with Crippen LogP contribution in [0.5, 0.6) is 0 Å². The molecule has 0 heterocycles. The van der Waals surface area contributed by atoms with Crippen molar-refractivity contribution in [3.63, 3.8) is 0 Å². The molecule has 124 valence electrons. The van der Waals surface area contributed by atoms with Crippen molar-refractivity contribution in [2.45, 2.75) is 65.3 Å². The monoisotopic (exact) mass is 298 g/mol. The molecule has 1 aliphatic rings. The first-order valence-electron chi connectivity index (χ1n) is 8.70. The Morgan fingerprint density at radius 3 is 2.57 bits per heavy atom. The van der Waals surface area contributed by atoms with Crippen LogP contribution in [-0.4, -0.2) is 49.2 Å². The van der Waals surface area contributed by atoms with E-state index in [9.17, 15) is 4.79 Å². The summed E-state index contributed by atoms with van der Waals surface area (Å²) in [4.78, 5) is 14.7. The predicted octanol–water partition coefficient (Wildman–Crippen LogP) is 2.82. The third-order valence-corrected chi connectivity index (χ3v) is 4.30. The summed E-state index contributed by atoms with van der Waals surface area (Å²) in [5.41, 5.74) is -0.537. The first-order chi connectivity index (χ1) is 10.1.